The average Bonchev–Trinajstić information content (AvgIpc) is 3.08. The number of allylic oxidation sites excluding steroid dienone is 5. The summed E-state index contributed by atoms with van der Waals surface area (Å²) < 4.78 is 5.59. The van der Waals surface area contributed by atoms with Gasteiger partial charge in [0.2, 0.25) is 0 Å². The second kappa shape index (κ2) is 8.80. The van der Waals surface area contributed by atoms with E-state index in [1.165, 1.54) is 31.3 Å². The van der Waals surface area contributed by atoms with E-state index in [4.69, 9.17) is 4.74 Å². The zero-order chi connectivity index (χ0) is 23.3. The molecule has 0 spiro atoms. The molecule has 4 rings (SSSR count). The maximum absolute atomic E-state index is 11.5. The van der Waals surface area contributed by atoms with Crippen molar-refractivity contribution in [1.82, 2.24) is 0 Å². The minimum absolute atomic E-state index is 0.0763. The second-order valence-electron chi connectivity index (χ2n) is 12.4. The molecule has 2 nitrogen and oxygen atoms in total. The molecule has 2 heteroatoms. The highest BCUT2D eigenvalue weighted by molar-refractivity contribution is 5.66. The first kappa shape index (κ1) is 23.8. The van der Waals surface area contributed by atoms with E-state index in [2.05, 4.69) is 65.8 Å². The fraction of sp³-hybridized carbons (Fsp3) is 0.767. The summed E-state index contributed by atoms with van der Waals surface area (Å²) in [4.78, 5) is 11.5. The van der Waals surface area contributed by atoms with Crippen molar-refractivity contribution in [2.75, 3.05) is 0 Å². The third-order valence-corrected chi connectivity index (χ3v) is 10.3. The lowest BCUT2D eigenvalue weighted by atomic mass is 9.50. The number of ether oxygens (including phenoxy) is 1. The molecule has 0 aliphatic heterocycles. The highest BCUT2D eigenvalue weighted by Crippen LogP contribution is 2.66. The van der Waals surface area contributed by atoms with Crippen LogP contribution >= 0.6 is 0 Å². The molecular formula is C30H46O2. The lowest BCUT2D eigenvalue weighted by Crippen LogP contribution is -2.46. The third-order valence-electron chi connectivity index (χ3n) is 10.3. The van der Waals surface area contributed by atoms with Crippen LogP contribution in [-0.2, 0) is 9.53 Å². The van der Waals surface area contributed by atoms with Crippen LogP contribution in [0.1, 0.15) is 93.4 Å². The van der Waals surface area contributed by atoms with Gasteiger partial charge < -0.3 is 4.74 Å². The molecule has 0 amide bonds. The Morgan fingerprint density at radius 1 is 1.00 bits per heavy atom. The summed E-state index contributed by atoms with van der Waals surface area (Å²) in [5.41, 5.74) is 3.98. The summed E-state index contributed by atoms with van der Waals surface area (Å²) in [7, 11) is 0. The van der Waals surface area contributed by atoms with Gasteiger partial charge in [-0.25, -0.2) is 0 Å². The molecule has 0 heterocycles. The fourth-order valence-electron chi connectivity index (χ4n) is 7.92. The zero-order valence-corrected chi connectivity index (χ0v) is 21.6. The van der Waals surface area contributed by atoms with Gasteiger partial charge in [-0.2, -0.15) is 0 Å². The Morgan fingerprint density at radius 3 is 2.44 bits per heavy atom. The van der Waals surface area contributed by atoms with Crippen LogP contribution in [0.25, 0.3) is 0 Å². The molecule has 0 aromatic heterocycles. The molecule has 4 aliphatic carbocycles. The van der Waals surface area contributed by atoms with Crippen LogP contribution in [0, 0.1) is 46.3 Å². The second-order valence-corrected chi connectivity index (χ2v) is 12.4. The predicted octanol–water partition coefficient (Wildman–Crippen LogP) is 7.90. The molecule has 4 aliphatic rings. The van der Waals surface area contributed by atoms with E-state index in [0.29, 0.717) is 29.1 Å². The van der Waals surface area contributed by atoms with Crippen molar-refractivity contribution >= 4 is 5.97 Å². The maximum atomic E-state index is 11.5. The van der Waals surface area contributed by atoms with E-state index < -0.39 is 0 Å². The van der Waals surface area contributed by atoms with Gasteiger partial charge in [-0.1, -0.05) is 77.0 Å². The summed E-state index contributed by atoms with van der Waals surface area (Å²) in [6.45, 7) is 16.1. The van der Waals surface area contributed by atoms with Crippen LogP contribution in [0.3, 0.4) is 0 Å². The summed E-state index contributed by atoms with van der Waals surface area (Å²) in [6.07, 6.45) is 18.5. The van der Waals surface area contributed by atoms with Gasteiger partial charge in [-0.05, 0) is 84.9 Å². The topological polar surface area (TPSA) is 26.3 Å². The summed E-state index contributed by atoms with van der Waals surface area (Å²) in [5.74, 6) is 4.11. The lowest BCUT2D eigenvalue weighted by Gasteiger charge is -2.55. The molecule has 3 saturated carbocycles. The zero-order valence-electron chi connectivity index (χ0n) is 21.6. The first-order chi connectivity index (χ1) is 15.1. The maximum Gasteiger partial charge on any atom is 0.302 e. The first-order valence-corrected chi connectivity index (χ1v) is 13.3. The summed E-state index contributed by atoms with van der Waals surface area (Å²) >= 11 is 0. The van der Waals surface area contributed by atoms with Crippen LogP contribution in [0.4, 0.5) is 0 Å². The minimum Gasteiger partial charge on any atom is -0.462 e. The number of carbonyl (C=O) groups is 1. The largest absolute Gasteiger partial charge is 0.462 e. The van der Waals surface area contributed by atoms with Crippen molar-refractivity contribution in [3.05, 3.63) is 35.5 Å². The van der Waals surface area contributed by atoms with Gasteiger partial charge in [0.25, 0.3) is 0 Å². The number of rotatable bonds is 5. The fourth-order valence-corrected chi connectivity index (χ4v) is 7.92. The number of hydrogen-bond donors (Lipinski definition) is 0. The van der Waals surface area contributed by atoms with E-state index in [-0.39, 0.29) is 17.5 Å². The van der Waals surface area contributed by atoms with E-state index in [0.717, 1.165) is 31.1 Å². The average molecular weight is 439 g/mol. The molecule has 8 atom stereocenters. The van der Waals surface area contributed by atoms with Gasteiger partial charge in [0.15, 0.2) is 0 Å². The van der Waals surface area contributed by atoms with Gasteiger partial charge in [0.1, 0.15) is 6.10 Å². The molecule has 0 radical (unpaired) electrons. The molecule has 0 saturated heterocycles. The number of hydrogen-bond acceptors (Lipinski definition) is 2. The number of fused-ring (bicyclic) bond motifs is 5. The molecule has 3 fully saturated rings. The SMILES string of the molecule is CC(=O)O[C@@H]1CC[C@]2(C)C(=CC=C3[C@H]4CC[C@H]([C@H](C)/C=C\[C@H](C)C(C)C)[C@]4(C)CC[C@@H]32)C1. The molecule has 0 aromatic rings. The van der Waals surface area contributed by atoms with Crippen molar-refractivity contribution in [2.24, 2.45) is 46.3 Å². The molecule has 0 aromatic carbocycles. The van der Waals surface area contributed by atoms with Crippen molar-refractivity contribution in [1.29, 1.82) is 0 Å². The Morgan fingerprint density at radius 2 is 1.75 bits per heavy atom. The van der Waals surface area contributed by atoms with Crippen LogP contribution in [-0.4, -0.2) is 12.1 Å². The van der Waals surface area contributed by atoms with Crippen molar-refractivity contribution in [3.8, 4) is 0 Å². The Labute approximate surface area is 197 Å². The van der Waals surface area contributed by atoms with Gasteiger partial charge >= 0.3 is 5.97 Å². The Balaban J connectivity index is 1.54. The van der Waals surface area contributed by atoms with Gasteiger partial charge in [-0.15, -0.1) is 0 Å². The van der Waals surface area contributed by atoms with Crippen molar-refractivity contribution in [3.63, 3.8) is 0 Å². The number of esters is 1. The normalized spacial score (nSPS) is 40.8. The molecule has 0 unspecified atom stereocenters. The Bertz CT molecular complexity index is 817. The molecule has 0 N–H and O–H groups in total. The first-order valence-electron chi connectivity index (χ1n) is 13.3. The standard InChI is InChI=1S/C30H46O2/c1-19(2)20(3)8-9-21(4)26-12-13-27-25-11-10-23-18-24(32-22(5)31)14-16-29(23,6)28(25)15-17-30(26,27)7/h8-11,19-21,24,26-28H,12-18H2,1-7H3/b9-8-/t20-,21+,24+,26+,27+,28-,29+,30-/m0/s1. The minimum atomic E-state index is -0.136. The lowest BCUT2D eigenvalue weighted by molar-refractivity contribution is -0.148. The van der Waals surface area contributed by atoms with E-state index in [1.807, 2.05) is 0 Å². The van der Waals surface area contributed by atoms with Crippen molar-refractivity contribution < 1.29 is 9.53 Å². The van der Waals surface area contributed by atoms with Gasteiger partial charge in [-0.3, -0.25) is 4.79 Å². The summed E-state index contributed by atoms with van der Waals surface area (Å²) in [5, 5.41) is 0. The molecule has 178 valence electrons. The molecular weight excluding hydrogens is 392 g/mol. The smallest absolute Gasteiger partial charge is 0.302 e. The van der Waals surface area contributed by atoms with E-state index in [1.54, 1.807) is 12.5 Å². The highest BCUT2D eigenvalue weighted by atomic mass is 16.5. The van der Waals surface area contributed by atoms with Crippen LogP contribution < -0.4 is 0 Å². The van der Waals surface area contributed by atoms with E-state index in [9.17, 15) is 4.79 Å². The predicted molar refractivity (Wildman–Crippen MR) is 133 cm³/mol. The summed E-state index contributed by atoms with van der Waals surface area (Å²) in [6, 6.07) is 0. The number of carbonyl (C=O) groups excluding carboxylic acids is 1. The quantitative estimate of drug-likeness (QED) is 0.322. The molecule has 32 heavy (non-hydrogen) atoms. The third kappa shape index (κ3) is 4.05. The van der Waals surface area contributed by atoms with Crippen LogP contribution in [0.2, 0.25) is 0 Å². The monoisotopic (exact) mass is 438 g/mol. The van der Waals surface area contributed by atoms with Gasteiger partial charge in [0, 0.05) is 13.3 Å². The van der Waals surface area contributed by atoms with Crippen LogP contribution in [0.15, 0.2) is 35.5 Å². The van der Waals surface area contributed by atoms with Crippen molar-refractivity contribution in [2.45, 2.75) is 99.5 Å². The van der Waals surface area contributed by atoms with Crippen LogP contribution in [0.5, 0.6) is 0 Å². The van der Waals surface area contributed by atoms with E-state index >= 15 is 0 Å². The Hall–Kier alpha value is -1.31. The highest BCUT2D eigenvalue weighted by Gasteiger charge is 2.56. The molecule has 0 bridgehead atoms. The van der Waals surface area contributed by atoms with Gasteiger partial charge in [0.05, 0.1) is 0 Å². The Kier molecular flexibility index (Phi) is 6.56.